The molecular weight excluding hydrogens is 252 g/mol. The van der Waals surface area contributed by atoms with Gasteiger partial charge in [-0.15, -0.1) is 0 Å². The first-order valence-electron chi connectivity index (χ1n) is 6.82. The van der Waals surface area contributed by atoms with Gasteiger partial charge in [-0.2, -0.15) is 0 Å². The molecule has 0 fully saturated rings. The molecule has 2 rings (SSSR count). The molecular formula is C16H22N2O2. The Bertz CT molecular complexity index is 512. The van der Waals surface area contributed by atoms with Crippen LogP contribution in [0.5, 0.6) is 5.75 Å². The fraction of sp³-hybridized carbons (Fsp3) is 0.438. The molecule has 0 aliphatic heterocycles. The predicted octanol–water partition coefficient (Wildman–Crippen LogP) is 2.62. The van der Waals surface area contributed by atoms with Gasteiger partial charge in [0, 0.05) is 12.4 Å². The summed E-state index contributed by atoms with van der Waals surface area (Å²) in [5.41, 5.74) is 1.41. The van der Waals surface area contributed by atoms with E-state index in [0.717, 1.165) is 5.75 Å². The normalized spacial score (nSPS) is 13.2. The van der Waals surface area contributed by atoms with Crippen LogP contribution in [0.1, 0.15) is 26.3 Å². The summed E-state index contributed by atoms with van der Waals surface area (Å²) < 4.78 is 7.43. The third-order valence-corrected chi connectivity index (χ3v) is 3.14. The molecule has 0 bridgehead atoms. The van der Waals surface area contributed by atoms with Gasteiger partial charge < -0.3 is 14.4 Å². The number of aliphatic hydroxyl groups is 1. The fourth-order valence-electron chi connectivity index (χ4n) is 1.93. The molecule has 0 spiro atoms. The SMILES string of the molecule is CC(C)(C)c1ccc(OCC(O)Cn2ccnc2)cc1. The molecule has 0 saturated heterocycles. The Kier molecular flexibility index (Phi) is 4.45. The van der Waals surface area contributed by atoms with Gasteiger partial charge >= 0.3 is 0 Å². The summed E-state index contributed by atoms with van der Waals surface area (Å²) in [7, 11) is 0. The standard InChI is InChI=1S/C16H22N2O2/c1-16(2,3)13-4-6-15(7-5-13)20-11-14(19)10-18-9-8-17-12-18/h4-9,12,14,19H,10-11H2,1-3H3. The summed E-state index contributed by atoms with van der Waals surface area (Å²) in [6.07, 6.45) is 4.65. The minimum absolute atomic E-state index is 0.138. The van der Waals surface area contributed by atoms with E-state index >= 15 is 0 Å². The third kappa shape index (κ3) is 4.10. The number of aromatic nitrogens is 2. The summed E-state index contributed by atoms with van der Waals surface area (Å²) in [6.45, 7) is 7.29. The lowest BCUT2D eigenvalue weighted by atomic mass is 9.87. The maximum absolute atomic E-state index is 9.89. The Morgan fingerprint density at radius 1 is 1.25 bits per heavy atom. The van der Waals surface area contributed by atoms with Crippen LogP contribution in [0.4, 0.5) is 0 Å². The molecule has 0 aliphatic carbocycles. The molecule has 0 amide bonds. The van der Waals surface area contributed by atoms with Crippen molar-refractivity contribution in [2.75, 3.05) is 6.61 Å². The average Bonchev–Trinajstić information content (AvgIpc) is 2.88. The summed E-state index contributed by atoms with van der Waals surface area (Å²) in [5.74, 6) is 0.780. The molecule has 20 heavy (non-hydrogen) atoms. The second-order valence-electron chi connectivity index (χ2n) is 6.00. The van der Waals surface area contributed by atoms with Crippen molar-refractivity contribution in [1.82, 2.24) is 9.55 Å². The first-order chi connectivity index (χ1) is 9.45. The molecule has 0 radical (unpaired) electrons. The van der Waals surface area contributed by atoms with Gasteiger partial charge in [-0.1, -0.05) is 32.9 Å². The van der Waals surface area contributed by atoms with E-state index in [0.29, 0.717) is 6.54 Å². The van der Waals surface area contributed by atoms with Crippen molar-refractivity contribution >= 4 is 0 Å². The van der Waals surface area contributed by atoms with Crippen LogP contribution in [-0.4, -0.2) is 27.4 Å². The Morgan fingerprint density at radius 3 is 2.50 bits per heavy atom. The molecule has 4 heteroatoms. The monoisotopic (exact) mass is 274 g/mol. The molecule has 1 unspecified atom stereocenters. The number of hydrogen-bond acceptors (Lipinski definition) is 3. The zero-order chi connectivity index (χ0) is 14.6. The lowest BCUT2D eigenvalue weighted by molar-refractivity contribution is 0.0924. The van der Waals surface area contributed by atoms with Crippen LogP contribution < -0.4 is 4.74 Å². The van der Waals surface area contributed by atoms with Gasteiger partial charge in [-0.25, -0.2) is 4.98 Å². The second kappa shape index (κ2) is 6.09. The van der Waals surface area contributed by atoms with Crippen LogP contribution in [0, 0.1) is 0 Å². The average molecular weight is 274 g/mol. The van der Waals surface area contributed by atoms with E-state index in [1.54, 1.807) is 12.5 Å². The lowest BCUT2D eigenvalue weighted by Crippen LogP contribution is -2.23. The summed E-state index contributed by atoms with van der Waals surface area (Å²) in [6, 6.07) is 8.03. The number of aliphatic hydroxyl groups excluding tert-OH is 1. The van der Waals surface area contributed by atoms with E-state index in [1.165, 1.54) is 5.56 Å². The Hall–Kier alpha value is -1.81. The van der Waals surface area contributed by atoms with E-state index in [1.807, 2.05) is 22.9 Å². The summed E-state index contributed by atoms with van der Waals surface area (Å²) >= 11 is 0. The number of imidazole rings is 1. The molecule has 1 aromatic carbocycles. The highest BCUT2D eigenvalue weighted by molar-refractivity contribution is 5.31. The molecule has 1 aromatic heterocycles. The summed E-state index contributed by atoms with van der Waals surface area (Å²) in [4.78, 5) is 3.94. The van der Waals surface area contributed by atoms with Gasteiger partial charge in [0.15, 0.2) is 0 Å². The first kappa shape index (κ1) is 14.6. The van der Waals surface area contributed by atoms with E-state index in [4.69, 9.17) is 4.74 Å². The third-order valence-electron chi connectivity index (χ3n) is 3.14. The molecule has 2 aromatic rings. The molecule has 1 atom stereocenters. The highest BCUT2D eigenvalue weighted by Gasteiger charge is 2.13. The van der Waals surface area contributed by atoms with E-state index < -0.39 is 6.10 Å². The van der Waals surface area contributed by atoms with Gasteiger partial charge in [-0.05, 0) is 23.1 Å². The van der Waals surface area contributed by atoms with Crippen LogP contribution in [0.3, 0.4) is 0 Å². The highest BCUT2D eigenvalue weighted by atomic mass is 16.5. The van der Waals surface area contributed by atoms with Crippen molar-refractivity contribution in [2.24, 2.45) is 0 Å². The zero-order valence-corrected chi connectivity index (χ0v) is 12.3. The first-order valence-corrected chi connectivity index (χ1v) is 6.82. The van der Waals surface area contributed by atoms with Crippen LogP contribution in [0.15, 0.2) is 43.0 Å². The molecule has 1 heterocycles. The Labute approximate surface area is 120 Å². The molecule has 1 N–H and O–H groups in total. The van der Waals surface area contributed by atoms with E-state index in [2.05, 4.69) is 37.9 Å². The van der Waals surface area contributed by atoms with Gasteiger partial charge in [0.05, 0.1) is 12.9 Å². The van der Waals surface area contributed by atoms with Crippen molar-refractivity contribution in [3.05, 3.63) is 48.5 Å². The number of hydrogen-bond donors (Lipinski definition) is 1. The van der Waals surface area contributed by atoms with Gasteiger partial charge in [-0.3, -0.25) is 0 Å². The van der Waals surface area contributed by atoms with E-state index in [-0.39, 0.29) is 12.0 Å². The molecule has 0 saturated carbocycles. The topological polar surface area (TPSA) is 47.3 Å². The van der Waals surface area contributed by atoms with E-state index in [9.17, 15) is 5.11 Å². The largest absolute Gasteiger partial charge is 0.491 e. The number of ether oxygens (including phenoxy) is 1. The summed E-state index contributed by atoms with van der Waals surface area (Å²) in [5, 5.41) is 9.89. The van der Waals surface area contributed by atoms with Crippen molar-refractivity contribution in [3.63, 3.8) is 0 Å². The molecule has 108 valence electrons. The lowest BCUT2D eigenvalue weighted by Gasteiger charge is -2.19. The number of nitrogens with zero attached hydrogens (tertiary/aromatic N) is 2. The highest BCUT2D eigenvalue weighted by Crippen LogP contribution is 2.24. The quantitative estimate of drug-likeness (QED) is 0.911. The van der Waals surface area contributed by atoms with Crippen molar-refractivity contribution in [3.8, 4) is 5.75 Å². The van der Waals surface area contributed by atoms with Crippen LogP contribution in [0.25, 0.3) is 0 Å². The van der Waals surface area contributed by atoms with Crippen molar-refractivity contribution in [1.29, 1.82) is 0 Å². The maximum atomic E-state index is 9.89. The van der Waals surface area contributed by atoms with Crippen LogP contribution in [-0.2, 0) is 12.0 Å². The smallest absolute Gasteiger partial charge is 0.119 e. The van der Waals surface area contributed by atoms with Crippen molar-refractivity contribution in [2.45, 2.75) is 38.8 Å². The minimum atomic E-state index is -0.550. The van der Waals surface area contributed by atoms with Crippen molar-refractivity contribution < 1.29 is 9.84 Å². The van der Waals surface area contributed by atoms with Crippen LogP contribution >= 0.6 is 0 Å². The fourth-order valence-corrected chi connectivity index (χ4v) is 1.93. The van der Waals surface area contributed by atoms with Gasteiger partial charge in [0.25, 0.3) is 0 Å². The van der Waals surface area contributed by atoms with Gasteiger partial charge in [0.2, 0.25) is 0 Å². The van der Waals surface area contributed by atoms with Crippen LogP contribution in [0.2, 0.25) is 0 Å². The minimum Gasteiger partial charge on any atom is -0.491 e. The Balaban J connectivity index is 1.84. The number of benzene rings is 1. The predicted molar refractivity (Wildman–Crippen MR) is 78.9 cm³/mol. The molecule has 0 aliphatic rings. The molecule has 4 nitrogen and oxygen atoms in total. The van der Waals surface area contributed by atoms with Gasteiger partial charge in [0.1, 0.15) is 18.5 Å². The Morgan fingerprint density at radius 2 is 1.95 bits per heavy atom. The number of rotatable bonds is 5. The zero-order valence-electron chi connectivity index (χ0n) is 12.3. The second-order valence-corrected chi connectivity index (χ2v) is 6.00. The maximum Gasteiger partial charge on any atom is 0.119 e.